The fourth-order valence-electron chi connectivity index (χ4n) is 6.58. The Morgan fingerprint density at radius 1 is 0.731 bits per heavy atom. The first kappa shape index (κ1) is 21.9. The summed E-state index contributed by atoms with van der Waals surface area (Å²) in [6, 6.07) is 11.4. The van der Waals surface area contributed by atoms with E-state index in [-0.39, 0.29) is 10.6 Å². The quantitative estimate of drug-likeness (QED) is 0.475. The van der Waals surface area contributed by atoms with Crippen molar-refractivity contribution in [3.63, 3.8) is 0 Å². The zero-order valence-corrected chi connectivity index (χ0v) is 20.1. The first-order valence-corrected chi connectivity index (χ1v) is 11.3. The summed E-state index contributed by atoms with van der Waals surface area (Å²) in [6.07, 6.45) is 0. The minimum atomic E-state index is 0.186. The maximum Gasteiger partial charge on any atom is -0.000652 e. The Labute approximate surface area is 166 Å². The number of hydrogen-bond acceptors (Lipinski definition) is 0. The molecule has 0 aromatic heterocycles. The van der Waals surface area contributed by atoms with Crippen LogP contribution >= 0.6 is 9.24 Å². The van der Waals surface area contributed by atoms with Gasteiger partial charge < -0.3 is 0 Å². The monoisotopic (exact) mass is 374 g/mol. The van der Waals surface area contributed by atoms with Crippen LogP contribution in [0.5, 0.6) is 0 Å². The van der Waals surface area contributed by atoms with Crippen LogP contribution in [0.2, 0.25) is 0 Å². The van der Waals surface area contributed by atoms with Gasteiger partial charge in [-0.1, -0.05) is 99.6 Å². The zero-order valence-electron chi connectivity index (χ0n) is 18.9. The minimum Gasteiger partial charge on any atom is -0.130 e. The number of hydrogen-bond donors (Lipinski definition) is 0. The molecule has 2 rings (SSSR count). The molecule has 7 atom stereocenters. The van der Waals surface area contributed by atoms with Crippen molar-refractivity contribution in [1.82, 2.24) is 0 Å². The van der Waals surface area contributed by atoms with Gasteiger partial charge in [0.05, 0.1) is 0 Å². The van der Waals surface area contributed by atoms with Gasteiger partial charge in [-0.05, 0) is 57.1 Å². The Morgan fingerprint density at radius 2 is 1.19 bits per heavy atom. The molecule has 0 bridgehead atoms. The van der Waals surface area contributed by atoms with E-state index in [0.717, 1.165) is 0 Å². The molecule has 26 heavy (non-hydrogen) atoms. The standard InChI is InChI=1S/C25H43P/c1-16(2)23(9)19(7)24(10,17(3)4)22(21-14-12-11-13-15-21)25(26,18(5)6)20(23)8/h11-20,22H,26H2,1-10H3. The van der Waals surface area contributed by atoms with E-state index >= 15 is 0 Å². The van der Waals surface area contributed by atoms with Crippen molar-refractivity contribution in [3.8, 4) is 0 Å². The van der Waals surface area contributed by atoms with Crippen LogP contribution in [0.25, 0.3) is 0 Å². The lowest BCUT2D eigenvalue weighted by Gasteiger charge is -2.69. The highest BCUT2D eigenvalue weighted by molar-refractivity contribution is 7.19. The third-order valence-corrected chi connectivity index (χ3v) is 10.8. The average molecular weight is 375 g/mol. The molecule has 1 saturated carbocycles. The Balaban J connectivity index is 2.86. The van der Waals surface area contributed by atoms with Crippen LogP contribution in [-0.4, -0.2) is 5.16 Å². The van der Waals surface area contributed by atoms with Crippen molar-refractivity contribution in [2.75, 3.05) is 0 Å². The molecule has 0 heterocycles. The second-order valence-electron chi connectivity index (χ2n) is 10.5. The Bertz CT molecular complexity index is 574. The second-order valence-corrected chi connectivity index (χ2v) is 11.5. The van der Waals surface area contributed by atoms with Gasteiger partial charge in [0.2, 0.25) is 0 Å². The largest absolute Gasteiger partial charge is 0.130 e. The van der Waals surface area contributed by atoms with Gasteiger partial charge in [0.25, 0.3) is 0 Å². The summed E-state index contributed by atoms with van der Waals surface area (Å²) in [6.45, 7) is 24.9. The third kappa shape index (κ3) is 2.82. The molecular weight excluding hydrogens is 331 g/mol. The first-order valence-electron chi connectivity index (χ1n) is 10.7. The van der Waals surface area contributed by atoms with Crippen LogP contribution in [0.1, 0.15) is 80.7 Å². The molecule has 7 unspecified atom stereocenters. The smallest absolute Gasteiger partial charge is 0.000652 e. The third-order valence-electron chi connectivity index (χ3n) is 9.29. The first-order chi connectivity index (χ1) is 11.9. The van der Waals surface area contributed by atoms with Gasteiger partial charge in [-0.15, -0.1) is 9.24 Å². The van der Waals surface area contributed by atoms with E-state index in [0.29, 0.717) is 40.9 Å². The van der Waals surface area contributed by atoms with Crippen LogP contribution in [-0.2, 0) is 0 Å². The topological polar surface area (TPSA) is 0 Å². The summed E-state index contributed by atoms with van der Waals surface area (Å²) >= 11 is 0. The van der Waals surface area contributed by atoms with Gasteiger partial charge >= 0.3 is 0 Å². The summed E-state index contributed by atoms with van der Waals surface area (Å²) < 4.78 is 0. The summed E-state index contributed by atoms with van der Waals surface area (Å²) in [5.74, 6) is 3.73. The minimum absolute atomic E-state index is 0.186. The second kappa shape index (κ2) is 7.24. The molecule has 0 N–H and O–H groups in total. The van der Waals surface area contributed by atoms with E-state index < -0.39 is 0 Å². The van der Waals surface area contributed by atoms with E-state index in [1.54, 1.807) is 0 Å². The van der Waals surface area contributed by atoms with Crippen molar-refractivity contribution in [2.24, 2.45) is 40.4 Å². The van der Waals surface area contributed by atoms with E-state index in [1.807, 2.05) is 0 Å². The molecule has 0 aliphatic heterocycles. The van der Waals surface area contributed by atoms with Crippen molar-refractivity contribution in [3.05, 3.63) is 35.9 Å². The molecule has 1 aromatic carbocycles. The van der Waals surface area contributed by atoms with Crippen LogP contribution in [0, 0.1) is 40.4 Å². The molecule has 1 aliphatic rings. The molecule has 1 aliphatic carbocycles. The molecule has 1 aromatic rings. The predicted molar refractivity (Wildman–Crippen MR) is 121 cm³/mol. The molecule has 1 fully saturated rings. The lowest BCUT2D eigenvalue weighted by Crippen LogP contribution is -2.65. The van der Waals surface area contributed by atoms with Crippen LogP contribution in [0.4, 0.5) is 0 Å². The van der Waals surface area contributed by atoms with Crippen LogP contribution < -0.4 is 0 Å². The van der Waals surface area contributed by atoms with Crippen molar-refractivity contribution < 1.29 is 0 Å². The van der Waals surface area contributed by atoms with Crippen molar-refractivity contribution >= 4 is 9.24 Å². The Morgan fingerprint density at radius 3 is 1.58 bits per heavy atom. The van der Waals surface area contributed by atoms with E-state index in [2.05, 4.69) is 109 Å². The van der Waals surface area contributed by atoms with Gasteiger partial charge in [0, 0.05) is 0 Å². The molecule has 0 nitrogen and oxygen atoms in total. The SMILES string of the molecule is CC(C)C1(C)C(C)C(C)(C(C)C)C(c2ccccc2)C(P)(C(C)C)C1C. The lowest BCUT2D eigenvalue weighted by molar-refractivity contribution is -0.136. The van der Waals surface area contributed by atoms with E-state index in [1.165, 1.54) is 5.56 Å². The van der Waals surface area contributed by atoms with Gasteiger partial charge in [0.1, 0.15) is 0 Å². The molecule has 0 spiro atoms. The van der Waals surface area contributed by atoms with Gasteiger partial charge in [0.15, 0.2) is 0 Å². The fourth-order valence-corrected chi connectivity index (χ4v) is 7.49. The maximum atomic E-state index is 3.42. The summed E-state index contributed by atoms with van der Waals surface area (Å²) in [5, 5.41) is 0.186. The molecule has 1 heteroatoms. The van der Waals surface area contributed by atoms with Gasteiger partial charge in [-0.2, -0.15) is 0 Å². The average Bonchev–Trinajstić information content (AvgIpc) is 2.58. The molecular formula is C25H43P. The summed E-state index contributed by atoms with van der Waals surface area (Å²) in [5.41, 5.74) is 2.09. The van der Waals surface area contributed by atoms with E-state index in [4.69, 9.17) is 0 Å². The Kier molecular flexibility index (Phi) is 6.11. The summed E-state index contributed by atoms with van der Waals surface area (Å²) in [4.78, 5) is 0. The molecule has 148 valence electrons. The highest BCUT2D eigenvalue weighted by Crippen LogP contribution is 2.71. The molecule has 0 radical (unpaired) electrons. The highest BCUT2D eigenvalue weighted by atomic mass is 31.0. The van der Waals surface area contributed by atoms with Crippen molar-refractivity contribution in [2.45, 2.75) is 80.3 Å². The fraction of sp³-hybridized carbons (Fsp3) is 0.760. The maximum absolute atomic E-state index is 3.42. The van der Waals surface area contributed by atoms with Crippen molar-refractivity contribution in [1.29, 1.82) is 0 Å². The van der Waals surface area contributed by atoms with E-state index in [9.17, 15) is 0 Å². The predicted octanol–water partition coefficient (Wildman–Crippen LogP) is 7.65. The normalized spacial score (nSPS) is 41.2. The highest BCUT2D eigenvalue weighted by Gasteiger charge is 2.65. The lowest BCUT2D eigenvalue weighted by atomic mass is 9.38. The molecule has 0 amide bonds. The van der Waals surface area contributed by atoms with Gasteiger partial charge in [-0.3, -0.25) is 0 Å². The summed E-state index contributed by atoms with van der Waals surface area (Å²) in [7, 11) is 3.42. The zero-order chi connectivity index (χ0) is 20.1. The number of benzene rings is 1. The molecule has 0 saturated heterocycles. The van der Waals surface area contributed by atoms with Crippen LogP contribution in [0.15, 0.2) is 30.3 Å². The Hall–Kier alpha value is -0.350. The van der Waals surface area contributed by atoms with Crippen LogP contribution in [0.3, 0.4) is 0 Å². The van der Waals surface area contributed by atoms with Gasteiger partial charge in [-0.25, -0.2) is 0 Å². The number of rotatable bonds is 4.